The molecular formula is C19H31ClIN3O2S. The molecule has 0 radical (unpaired) electrons. The topological polar surface area (TPSA) is 70.6 Å². The van der Waals surface area contributed by atoms with E-state index in [0.29, 0.717) is 13.0 Å². The van der Waals surface area contributed by atoms with E-state index in [-0.39, 0.29) is 40.6 Å². The fourth-order valence-corrected chi connectivity index (χ4v) is 4.00. The number of benzene rings is 1. The van der Waals surface area contributed by atoms with Crippen LogP contribution in [0.1, 0.15) is 38.7 Å². The lowest BCUT2D eigenvalue weighted by Crippen LogP contribution is -2.44. The van der Waals surface area contributed by atoms with Gasteiger partial charge < -0.3 is 10.6 Å². The van der Waals surface area contributed by atoms with Gasteiger partial charge in [0, 0.05) is 36.8 Å². The van der Waals surface area contributed by atoms with Crippen molar-refractivity contribution in [2.75, 3.05) is 32.1 Å². The third kappa shape index (κ3) is 8.15. The van der Waals surface area contributed by atoms with Crippen molar-refractivity contribution in [3.05, 3.63) is 34.9 Å². The Morgan fingerprint density at radius 1 is 1.30 bits per heavy atom. The van der Waals surface area contributed by atoms with Gasteiger partial charge in [-0.2, -0.15) is 0 Å². The molecule has 154 valence electrons. The molecule has 0 atom stereocenters. The predicted molar refractivity (Wildman–Crippen MR) is 125 cm³/mol. The maximum absolute atomic E-state index is 11.4. The number of halogens is 2. The zero-order valence-electron chi connectivity index (χ0n) is 16.5. The van der Waals surface area contributed by atoms with Crippen LogP contribution in [0.25, 0.3) is 0 Å². The smallest absolute Gasteiger partial charge is 0.191 e. The van der Waals surface area contributed by atoms with Crippen LogP contribution in [0, 0.1) is 5.41 Å². The standard InChI is InChI=1S/C19H30ClN3O2S.HI/c1-18(2,10-11-26(4,24)25)13-22-17(21-3)23-14-19(8-9-19)15-6-5-7-16(20)12-15;/h5-7,12H,8-11,13-14H2,1-4H3,(H2,21,22,23);1H. The Labute approximate surface area is 185 Å². The van der Waals surface area contributed by atoms with E-state index in [2.05, 4.69) is 35.5 Å². The molecule has 1 aromatic carbocycles. The normalized spacial score (nSPS) is 16.4. The SMILES string of the molecule is CN=C(NCC(C)(C)CCS(C)(=O)=O)NCC1(c2cccc(Cl)c2)CC1.I. The van der Waals surface area contributed by atoms with E-state index in [1.165, 1.54) is 11.8 Å². The monoisotopic (exact) mass is 527 g/mol. The molecular weight excluding hydrogens is 497 g/mol. The van der Waals surface area contributed by atoms with Gasteiger partial charge in [0.25, 0.3) is 0 Å². The summed E-state index contributed by atoms with van der Waals surface area (Å²) in [6, 6.07) is 8.06. The minimum absolute atomic E-state index is 0. The molecule has 1 aromatic rings. The summed E-state index contributed by atoms with van der Waals surface area (Å²) in [5.74, 6) is 0.941. The number of nitrogens with one attached hydrogen (secondary N) is 2. The number of hydrogen-bond donors (Lipinski definition) is 2. The molecule has 0 aliphatic heterocycles. The van der Waals surface area contributed by atoms with Gasteiger partial charge in [0.1, 0.15) is 9.84 Å². The zero-order valence-corrected chi connectivity index (χ0v) is 20.4. The third-order valence-electron chi connectivity index (χ3n) is 4.99. The molecule has 2 N–H and O–H groups in total. The van der Waals surface area contributed by atoms with Gasteiger partial charge in [0.2, 0.25) is 0 Å². The average molecular weight is 528 g/mol. The lowest BCUT2D eigenvalue weighted by molar-refractivity contribution is 0.348. The Kier molecular flexibility index (Phi) is 8.88. The maximum atomic E-state index is 11.4. The zero-order chi connectivity index (χ0) is 19.4. The van der Waals surface area contributed by atoms with Crippen LogP contribution in [-0.2, 0) is 15.3 Å². The van der Waals surface area contributed by atoms with Crippen molar-refractivity contribution >= 4 is 51.4 Å². The van der Waals surface area contributed by atoms with Crippen LogP contribution in [0.15, 0.2) is 29.3 Å². The Bertz CT molecular complexity index is 762. The van der Waals surface area contributed by atoms with E-state index in [9.17, 15) is 8.42 Å². The highest BCUT2D eigenvalue weighted by molar-refractivity contribution is 14.0. The summed E-state index contributed by atoms with van der Waals surface area (Å²) in [6.07, 6.45) is 4.17. The molecule has 0 aromatic heterocycles. The molecule has 0 heterocycles. The van der Waals surface area contributed by atoms with Crippen LogP contribution in [-0.4, -0.2) is 46.5 Å². The van der Waals surface area contributed by atoms with Crippen molar-refractivity contribution in [3.8, 4) is 0 Å². The summed E-state index contributed by atoms with van der Waals surface area (Å²) in [6.45, 7) is 5.59. The molecule has 1 saturated carbocycles. The number of guanidine groups is 1. The molecule has 1 fully saturated rings. The van der Waals surface area contributed by atoms with Crippen LogP contribution in [0.4, 0.5) is 0 Å². The van der Waals surface area contributed by atoms with Gasteiger partial charge in [-0.25, -0.2) is 8.42 Å². The lowest BCUT2D eigenvalue weighted by atomic mass is 9.90. The molecule has 8 heteroatoms. The van der Waals surface area contributed by atoms with Crippen molar-refractivity contribution < 1.29 is 8.42 Å². The summed E-state index contributed by atoms with van der Waals surface area (Å²) < 4.78 is 22.8. The van der Waals surface area contributed by atoms with E-state index in [1.54, 1.807) is 7.05 Å². The second-order valence-corrected chi connectivity index (χ2v) is 10.8. The van der Waals surface area contributed by atoms with Crippen LogP contribution in [0.5, 0.6) is 0 Å². The van der Waals surface area contributed by atoms with Crippen molar-refractivity contribution in [1.82, 2.24) is 10.6 Å². The highest BCUT2D eigenvalue weighted by Crippen LogP contribution is 2.48. The number of aliphatic imine (C=N–C) groups is 1. The predicted octanol–water partition coefficient (Wildman–Crippen LogP) is 3.62. The molecule has 0 saturated heterocycles. The number of hydrogen-bond acceptors (Lipinski definition) is 3. The van der Waals surface area contributed by atoms with Gasteiger partial charge in [-0.05, 0) is 42.4 Å². The average Bonchev–Trinajstić information content (AvgIpc) is 3.34. The quantitative estimate of drug-likeness (QED) is 0.308. The Morgan fingerprint density at radius 3 is 2.48 bits per heavy atom. The Morgan fingerprint density at radius 2 is 1.96 bits per heavy atom. The largest absolute Gasteiger partial charge is 0.356 e. The van der Waals surface area contributed by atoms with E-state index in [1.807, 2.05) is 18.2 Å². The van der Waals surface area contributed by atoms with Crippen molar-refractivity contribution in [2.24, 2.45) is 10.4 Å². The maximum Gasteiger partial charge on any atom is 0.191 e. The molecule has 0 bridgehead atoms. The first-order valence-corrected chi connectivity index (χ1v) is 11.4. The highest BCUT2D eigenvalue weighted by atomic mass is 127. The Balaban J connectivity index is 0.00000364. The van der Waals surface area contributed by atoms with Crippen LogP contribution in [0.2, 0.25) is 5.02 Å². The number of nitrogens with zero attached hydrogens (tertiary/aromatic N) is 1. The molecule has 2 rings (SSSR count). The minimum Gasteiger partial charge on any atom is -0.356 e. The third-order valence-corrected chi connectivity index (χ3v) is 6.17. The molecule has 0 spiro atoms. The summed E-state index contributed by atoms with van der Waals surface area (Å²) in [7, 11) is -1.19. The second kappa shape index (κ2) is 9.78. The van der Waals surface area contributed by atoms with Crippen LogP contribution < -0.4 is 10.6 Å². The summed E-state index contributed by atoms with van der Waals surface area (Å²) in [4.78, 5) is 4.29. The van der Waals surface area contributed by atoms with Gasteiger partial charge in [-0.15, -0.1) is 24.0 Å². The fraction of sp³-hybridized carbons (Fsp3) is 0.632. The first-order chi connectivity index (χ1) is 12.1. The summed E-state index contributed by atoms with van der Waals surface area (Å²) >= 11 is 6.13. The van der Waals surface area contributed by atoms with Crippen molar-refractivity contribution in [3.63, 3.8) is 0 Å². The van der Waals surface area contributed by atoms with Gasteiger partial charge >= 0.3 is 0 Å². The minimum atomic E-state index is -2.94. The van der Waals surface area contributed by atoms with E-state index in [4.69, 9.17) is 11.6 Å². The van der Waals surface area contributed by atoms with Gasteiger partial charge in [-0.1, -0.05) is 37.6 Å². The molecule has 0 amide bonds. The molecule has 1 aliphatic rings. The summed E-state index contributed by atoms with van der Waals surface area (Å²) in [5, 5.41) is 7.51. The van der Waals surface area contributed by atoms with E-state index >= 15 is 0 Å². The molecule has 0 unspecified atom stereocenters. The fourth-order valence-electron chi connectivity index (χ4n) is 2.88. The molecule has 27 heavy (non-hydrogen) atoms. The van der Waals surface area contributed by atoms with E-state index < -0.39 is 9.84 Å². The van der Waals surface area contributed by atoms with Crippen LogP contribution in [0.3, 0.4) is 0 Å². The lowest BCUT2D eigenvalue weighted by Gasteiger charge is -2.26. The highest BCUT2D eigenvalue weighted by Gasteiger charge is 2.44. The second-order valence-electron chi connectivity index (χ2n) is 8.11. The molecule has 5 nitrogen and oxygen atoms in total. The van der Waals surface area contributed by atoms with Crippen LogP contribution >= 0.6 is 35.6 Å². The number of rotatable bonds is 8. The van der Waals surface area contributed by atoms with Crippen molar-refractivity contribution in [2.45, 2.75) is 38.5 Å². The van der Waals surface area contributed by atoms with Gasteiger partial charge in [0.15, 0.2) is 5.96 Å². The van der Waals surface area contributed by atoms with E-state index in [0.717, 1.165) is 30.4 Å². The summed E-state index contributed by atoms with van der Waals surface area (Å²) in [5.41, 5.74) is 1.26. The Hall–Kier alpha value is -0.540. The number of sulfone groups is 1. The first-order valence-electron chi connectivity index (χ1n) is 8.94. The first kappa shape index (κ1) is 24.5. The van der Waals surface area contributed by atoms with Gasteiger partial charge in [0.05, 0.1) is 5.75 Å². The van der Waals surface area contributed by atoms with Gasteiger partial charge in [-0.3, -0.25) is 4.99 Å². The van der Waals surface area contributed by atoms with Crippen molar-refractivity contribution in [1.29, 1.82) is 0 Å². The molecule has 1 aliphatic carbocycles.